The van der Waals surface area contributed by atoms with Crippen LogP contribution in [0.4, 0.5) is 0 Å². The molecule has 24 heavy (non-hydrogen) atoms. The maximum atomic E-state index is 5.88. The van der Waals surface area contributed by atoms with Crippen LogP contribution in [-0.2, 0) is 20.8 Å². The highest BCUT2D eigenvalue weighted by Crippen LogP contribution is 2.21. The standard InChI is InChI=1S/C20H22O4/c1-16(23-18-10-6-3-7-11-18)24-20-13-12-19(15-22-20)21-14-17-8-4-2-5-9-17/h2-11,19-20H,1,12-15H2/t19-,20+/m0/s1. The fraction of sp³-hybridized carbons (Fsp3) is 0.300. The number of rotatable bonds is 7. The first-order chi connectivity index (χ1) is 11.8. The Balaban J connectivity index is 1.36. The summed E-state index contributed by atoms with van der Waals surface area (Å²) < 4.78 is 22.7. The quantitative estimate of drug-likeness (QED) is 0.712. The van der Waals surface area contributed by atoms with E-state index in [0.717, 1.165) is 12.8 Å². The van der Waals surface area contributed by atoms with Gasteiger partial charge in [0.05, 0.1) is 19.3 Å². The number of benzene rings is 2. The molecular formula is C20H22O4. The Morgan fingerprint density at radius 3 is 2.38 bits per heavy atom. The van der Waals surface area contributed by atoms with Crippen LogP contribution in [0.2, 0.25) is 0 Å². The van der Waals surface area contributed by atoms with Gasteiger partial charge in [0.1, 0.15) is 5.75 Å². The van der Waals surface area contributed by atoms with Gasteiger partial charge in [-0.3, -0.25) is 0 Å². The van der Waals surface area contributed by atoms with E-state index in [0.29, 0.717) is 19.0 Å². The van der Waals surface area contributed by atoms with Crippen molar-refractivity contribution < 1.29 is 18.9 Å². The predicted octanol–water partition coefficient (Wildman–Crippen LogP) is 4.28. The molecule has 1 aliphatic rings. The van der Waals surface area contributed by atoms with Crippen LogP contribution in [-0.4, -0.2) is 19.0 Å². The first-order valence-electron chi connectivity index (χ1n) is 8.15. The van der Waals surface area contributed by atoms with Crippen molar-refractivity contribution in [2.75, 3.05) is 6.61 Å². The monoisotopic (exact) mass is 326 g/mol. The van der Waals surface area contributed by atoms with Gasteiger partial charge in [-0.05, 0) is 30.7 Å². The Labute approximate surface area is 142 Å². The SMILES string of the molecule is C=C(Oc1ccccc1)O[C@@H]1CC[C@H](OCc2ccccc2)CO1. The van der Waals surface area contributed by atoms with Crippen molar-refractivity contribution in [3.05, 3.63) is 78.8 Å². The number of ether oxygens (including phenoxy) is 4. The maximum absolute atomic E-state index is 5.88. The van der Waals surface area contributed by atoms with Gasteiger partial charge in [0.15, 0.2) is 0 Å². The second-order valence-corrected chi connectivity index (χ2v) is 5.66. The molecule has 0 N–H and O–H groups in total. The van der Waals surface area contributed by atoms with Crippen molar-refractivity contribution in [2.45, 2.75) is 31.8 Å². The Morgan fingerprint density at radius 1 is 1.00 bits per heavy atom. The van der Waals surface area contributed by atoms with Crippen molar-refractivity contribution in [1.82, 2.24) is 0 Å². The third kappa shape index (κ3) is 5.11. The summed E-state index contributed by atoms with van der Waals surface area (Å²) in [5.74, 6) is 0.942. The van der Waals surface area contributed by atoms with E-state index in [-0.39, 0.29) is 18.3 Å². The summed E-state index contributed by atoms with van der Waals surface area (Å²) in [6.07, 6.45) is 1.39. The molecule has 126 valence electrons. The molecule has 0 unspecified atom stereocenters. The average molecular weight is 326 g/mol. The van der Waals surface area contributed by atoms with Crippen LogP contribution in [0.15, 0.2) is 73.2 Å². The lowest BCUT2D eigenvalue weighted by Gasteiger charge is -2.29. The number of para-hydroxylation sites is 1. The van der Waals surface area contributed by atoms with E-state index in [1.807, 2.05) is 48.5 Å². The Kier molecular flexibility index (Phi) is 5.88. The fourth-order valence-electron chi connectivity index (χ4n) is 2.51. The van der Waals surface area contributed by atoms with Crippen molar-refractivity contribution in [2.24, 2.45) is 0 Å². The highest BCUT2D eigenvalue weighted by molar-refractivity contribution is 5.22. The number of hydrogen-bond donors (Lipinski definition) is 0. The predicted molar refractivity (Wildman–Crippen MR) is 91.3 cm³/mol. The van der Waals surface area contributed by atoms with Crippen LogP contribution in [0.5, 0.6) is 5.75 Å². The zero-order valence-corrected chi connectivity index (χ0v) is 13.6. The summed E-state index contributed by atoms with van der Waals surface area (Å²) in [6.45, 7) is 4.89. The fourth-order valence-corrected chi connectivity index (χ4v) is 2.51. The van der Waals surface area contributed by atoms with Crippen LogP contribution in [0.25, 0.3) is 0 Å². The van der Waals surface area contributed by atoms with Crippen molar-refractivity contribution in [1.29, 1.82) is 0 Å². The van der Waals surface area contributed by atoms with E-state index in [1.165, 1.54) is 5.56 Å². The molecule has 2 aromatic carbocycles. The molecule has 1 heterocycles. The zero-order valence-electron chi connectivity index (χ0n) is 13.6. The summed E-state index contributed by atoms with van der Waals surface area (Å²) >= 11 is 0. The van der Waals surface area contributed by atoms with Crippen molar-refractivity contribution in [3.63, 3.8) is 0 Å². The third-order valence-corrected chi connectivity index (χ3v) is 3.76. The summed E-state index contributed by atoms with van der Waals surface area (Å²) in [6, 6.07) is 19.6. The minimum atomic E-state index is -0.335. The Bertz CT molecular complexity index is 619. The van der Waals surface area contributed by atoms with Crippen LogP contribution < -0.4 is 4.74 Å². The molecule has 0 spiro atoms. The lowest BCUT2D eigenvalue weighted by molar-refractivity contribution is -0.191. The van der Waals surface area contributed by atoms with E-state index in [1.54, 1.807) is 0 Å². The molecule has 2 aromatic rings. The molecule has 0 saturated carbocycles. The minimum Gasteiger partial charge on any atom is -0.436 e. The summed E-state index contributed by atoms with van der Waals surface area (Å²) in [7, 11) is 0. The molecule has 0 aromatic heterocycles. The topological polar surface area (TPSA) is 36.9 Å². The largest absolute Gasteiger partial charge is 0.436 e. The molecule has 3 rings (SSSR count). The van der Waals surface area contributed by atoms with Gasteiger partial charge in [0.2, 0.25) is 6.29 Å². The van der Waals surface area contributed by atoms with Crippen LogP contribution in [0.1, 0.15) is 18.4 Å². The second kappa shape index (κ2) is 8.52. The van der Waals surface area contributed by atoms with Gasteiger partial charge in [-0.25, -0.2) is 0 Å². The zero-order chi connectivity index (χ0) is 16.6. The first kappa shape index (κ1) is 16.6. The van der Waals surface area contributed by atoms with Gasteiger partial charge in [-0.1, -0.05) is 48.5 Å². The molecular weight excluding hydrogens is 304 g/mol. The molecule has 0 aliphatic carbocycles. The van der Waals surface area contributed by atoms with Gasteiger partial charge in [0, 0.05) is 6.42 Å². The van der Waals surface area contributed by atoms with E-state index in [4.69, 9.17) is 18.9 Å². The van der Waals surface area contributed by atoms with Crippen LogP contribution in [0, 0.1) is 0 Å². The second-order valence-electron chi connectivity index (χ2n) is 5.66. The van der Waals surface area contributed by atoms with E-state index >= 15 is 0 Å². The lowest BCUT2D eigenvalue weighted by Crippen LogP contribution is -2.33. The summed E-state index contributed by atoms with van der Waals surface area (Å²) in [5, 5.41) is 0. The van der Waals surface area contributed by atoms with Crippen molar-refractivity contribution >= 4 is 0 Å². The lowest BCUT2D eigenvalue weighted by atomic mass is 10.1. The van der Waals surface area contributed by atoms with Gasteiger partial charge < -0.3 is 18.9 Å². The Morgan fingerprint density at radius 2 is 1.71 bits per heavy atom. The normalized spacial score (nSPS) is 20.3. The minimum absolute atomic E-state index is 0.0911. The van der Waals surface area contributed by atoms with Crippen LogP contribution >= 0.6 is 0 Å². The molecule has 1 saturated heterocycles. The molecule has 0 bridgehead atoms. The summed E-state index contributed by atoms with van der Waals surface area (Å²) in [5.41, 5.74) is 1.17. The Hall–Kier alpha value is -2.30. The molecule has 1 aliphatic heterocycles. The molecule has 1 fully saturated rings. The smallest absolute Gasteiger partial charge is 0.279 e. The number of hydrogen-bond acceptors (Lipinski definition) is 4. The van der Waals surface area contributed by atoms with Gasteiger partial charge >= 0.3 is 0 Å². The van der Waals surface area contributed by atoms with E-state index in [9.17, 15) is 0 Å². The van der Waals surface area contributed by atoms with Crippen LogP contribution in [0.3, 0.4) is 0 Å². The molecule has 0 radical (unpaired) electrons. The maximum Gasteiger partial charge on any atom is 0.279 e. The van der Waals surface area contributed by atoms with Gasteiger partial charge in [0.25, 0.3) is 5.95 Å². The molecule has 4 nitrogen and oxygen atoms in total. The van der Waals surface area contributed by atoms with E-state index in [2.05, 4.69) is 18.7 Å². The first-order valence-corrected chi connectivity index (χ1v) is 8.15. The highest BCUT2D eigenvalue weighted by atomic mass is 16.8. The highest BCUT2D eigenvalue weighted by Gasteiger charge is 2.24. The average Bonchev–Trinajstić information content (AvgIpc) is 2.63. The molecule has 0 amide bonds. The molecule has 4 heteroatoms. The van der Waals surface area contributed by atoms with Crippen molar-refractivity contribution in [3.8, 4) is 5.75 Å². The van der Waals surface area contributed by atoms with E-state index < -0.39 is 0 Å². The summed E-state index contributed by atoms with van der Waals surface area (Å²) in [4.78, 5) is 0. The molecule has 2 atom stereocenters. The third-order valence-electron chi connectivity index (χ3n) is 3.76. The van der Waals surface area contributed by atoms with Gasteiger partial charge in [-0.15, -0.1) is 0 Å². The van der Waals surface area contributed by atoms with Gasteiger partial charge in [-0.2, -0.15) is 0 Å².